The average molecular weight is 182 g/mol. The van der Waals surface area contributed by atoms with E-state index in [1.807, 2.05) is 13.0 Å². The van der Waals surface area contributed by atoms with Crippen LogP contribution >= 0.6 is 0 Å². The van der Waals surface area contributed by atoms with E-state index in [2.05, 4.69) is 0 Å². The Morgan fingerprint density at radius 3 is 2.92 bits per heavy atom. The zero-order chi connectivity index (χ0) is 9.84. The van der Waals surface area contributed by atoms with E-state index in [1.165, 1.54) is 6.08 Å². The zero-order valence-corrected chi connectivity index (χ0v) is 7.95. The van der Waals surface area contributed by atoms with E-state index in [9.17, 15) is 9.59 Å². The third kappa shape index (κ3) is 2.17. The summed E-state index contributed by atoms with van der Waals surface area (Å²) in [5.41, 5.74) is 0. The van der Waals surface area contributed by atoms with Crippen molar-refractivity contribution >= 4 is 11.8 Å². The second-order valence-electron chi connectivity index (χ2n) is 3.25. The molecule has 0 heterocycles. The maximum atomic E-state index is 11.3. The number of carbonyl (C=O) groups is 2. The second-order valence-corrected chi connectivity index (χ2v) is 3.25. The van der Waals surface area contributed by atoms with E-state index in [4.69, 9.17) is 4.74 Å². The van der Waals surface area contributed by atoms with Gasteiger partial charge in [-0.25, -0.2) is 0 Å². The first-order valence-electron chi connectivity index (χ1n) is 4.53. The Labute approximate surface area is 77.8 Å². The molecule has 1 aliphatic carbocycles. The van der Waals surface area contributed by atoms with Crippen molar-refractivity contribution in [3.8, 4) is 0 Å². The maximum Gasteiger partial charge on any atom is 0.317 e. The number of ether oxygens (including phenoxy) is 1. The third-order valence-corrected chi connectivity index (χ3v) is 2.21. The third-order valence-electron chi connectivity index (χ3n) is 2.21. The Morgan fingerprint density at radius 1 is 1.69 bits per heavy atom. The summed E-state index contributed by atoms with van der Waals surface area (Å²) in [5.74, 6) is -1.02. The Hall–Kier alpha value is -1.12. The van der Waals surface area contributed by atoms with E-state index in [-0.39, 0.29) is 17.7 Å². The predicted octanol–water partition coefficient (Wildman–Crippen LogP) is 1.33. The van der Waals surface area contributed by atoms with Gasteiger partial charge in [0.15, 0.2) is 5.78 Å². The summed E-state index contributed by atoms with van der Waals surface area (Å²) in [6.45, 7) is 3.97. The SMILES string of the molecule is CCOC(=O)[C@@H]1C(=O)C=CC[C@H]1C. The van der Waals surface area contributed by atoms with Crippen LogP contribution in [0.3, 0.4) is 0 Å². The van der Waals surface area contributed by atoms with Crippen molar-refractivity contribution in [2.75, 3.05) is 6.61 Å². The van der Waals surface area contributed by atoms with E-state index in [0.29, 0.717) is 6.61 Å². The van der Waals surface area contributed by atoms with Crippen LogP contribution in [-0.4, -0.2) is 18.4 Å². The lowest BCUT2D eigenvalue weighted by Crippen LogP contribution is -2.32. The highest BCUT2D eigenvalue weighted by Gasteiger charge is 2.33. The molecule has 0 aromatic heterocycles. The largest absolute Gasteiger partial charge is 0.465 e. The quantitative estimate of drug-likeness (QED) is 0.478. The average Bonchev–Trinajstić information content (AvgIpc) is 2.04. The van der Waals surface area contributed by atoms with Crippen molar-refractivity contribution in [2.24, 2.45) is 11.8 Å². The van der Waals surface area contributed by atoms with Crippen LogP contribution in [0.1, 0.15) is 20.3 Å². The topological polar surface area (TPSA) is 43.4 Å². The Morgan fingerprint density at radius 2 is 2.38 bits per heavy atom. The summed E-state index contributed by atoms with van der Waals surface area (Å²) in [7, 11) is 0. The maximum absolute atomic E-state index is 11.3. The van der Waals surface area contributed by atoms with Gasteiger partial charge >= 0.3 is 5.97 Å². The molecule has 0 saturated carbocycles. The van der Waals surface area contributed by atoms with Crippen LogP contribution < -0.4 is 0 Å². The summed E-state index contributed by atoms with van der Waals surface area (Å²) >= 11 is 0. The second kappa shape index (κ2) is 4.21. The van der Waals surface area contributed by atoms with Gasteiger partial charge in [0.05, 0.1) is 6.61 Å². The number of hydrogen-bond donors (Lipinski definition) is 0. The molecule has 1 rings (SSSR count). The van der Waals surface area contributed by atoms with Gasteiger partial charge < -0.3 is 4.74 Å². The van der Waals surface area contributed by atoms with Crippen LogP contribution in [0.15, 0.2) is 12.2 Å². The lowest BCUT2D eigenvalue weighted by atomic mass is 9.83. The molecule has 2 atom stereocenters. The van der Waals surface area contributed by atoms with Crippen molar-refractivity contribution in [1.29, 1.82) is 0 Å². The molecule has 0 aliphatic heterocycles. The summed E-state index contributed by atoms with van der Waals surface area (Å²) in [4.78, 5) is 22.7. The molecule has 72 valence electrons. The first-order valence-corrected chi connectivity index (χ1v) is 4.53. The molecule has 13 heavy (non-hydrogen) atoms. The fourth-order valence-corrected chi connectivity index (χ4v) is 1.50. The van der Waals surface area contributed by atoms with Gasteiger partial charge in [-0.2, -0.15) is 0 Å². The molecule has 3 heteroatoms. The monoisotopic (exact) mass is 182 g/mol. The van der Waals surface area contributed by atoms with Crippen LogP contribution in [-0.2, 0) is 14.3 Å². The summed E-state index contributed by atoms with van der Waals surface area (Å²) in [5, 5.41) is 0. The van der Waals surface area contributed by atoms with Crippen LogP contribution in [0.2, 0.25) is 0 Å². The molecule has 0 spiro atoms. The standard InChI is InChI=1S/C10H14O3/c1-3-13-10(12)9-7(2)5-4-6-8(9)11/h4,6-7,9H,3,5H2,1-2H3/t7-,9+/m1/s1. The lowest BCUT2D eigenvalue weighted by Gasteiger charge is -2.21. The summed E-state index contributed by atoms with van der Waals surface area (Å²) in [6, 6.07) is 0. The molecule has 0 amide bonds. The molecule has 0 bridgehead atoms. The molecule has 0 aromatic rings. The van der Waals surface area contributed by atoms with Crippen molar-refractivity contribution in [3.63, 3.8) is 0 Å². The van der Waals surface area contributed by atoms with Gasteiger partial charge in [-0.1, -0.05) is 13.0 Å². The minimum absolute atomic E-state index is 0.0662. The van der Waals surface area contributed by atoms with Crippen LogP contribution in [0.5, 0.6) is 0 Å². The number of esters is 1. The fourth-order valence-electron chi connectivity index (χ4n) is 1.50. The first-order chi connectivity index (χ1) is 6.16. The van der Waals surface area contributed by atoms with Crippen molar-refractivity contribution in [1.82, 2.24) is 0 Å². The van der Waals surface area contributed by atoms with Crippen molar-refractivity contribution in [3.05, 3.63) is 12.2 Å². The normalized spacial score (nSPS) is 27.4. The van der Waals surface area contributed by atoms with Gasteiger partial charge in [0.2, 0.25) is 0 Å². The van der Waals surface area contributed by atoms with E-state index < -0.39 is 5.92 Å². The molecule has 0 saturated heterocycles. The van der Waals surface area contributed by atoms with E-state index >= 15 is 0 Å². The fraction of sp³-hybridized carbons (Fsp3) is 0.600. The highest BCUT2D eigenvalue weighted by molar-refractivity contribution is 6.05. The molecule has 1 aliphatic rings. The number of hydrogen-bond acceptors (Lipinski definition) is 3. The highest BCUT2D eigenvalue weighted by atomic mass is 16.5. The molecular weight excluding hydrogens is 168 g/mol. The number of allylic oxidation sites excluding steroid dienone is 2. The van der Waals surface area contributed by atoms with Gasteiger partial charge in [-0.15, -0.1) is 0 Å². The Kier molecular flexibility index (Phi) is 3.23. The summed E-state index contributed by atoms with van der Waals surface area (Å²) < 4.78 is 4.83. The van der Waals surface area contributed by atoms with Crippen LogP contribution in [0, 0.1) is 11.8 Å². The smallest absolute Gasteiger partial charge is 0.317 e. The van der Waals surface area contributed by atoms with Crippen molar-refractivity contribution in [2.45, 2.75) is 20.3 Å². The number of ketones is 1. The molecule has 0 radical (unpaired) electrons. The van der Waals surface area contributed by atoms with Gasteiger partial charge in [-0.3, -0.25) is 9.59 Å². The predicted molar refractivity (Wildman–Crippen MR) is 48.1 cm³/mol. The molecular formula is C10H14O3. The zero-order valence-electron chi connectivity index (χ0n) is 7.95. The molecule has 0 unspecified atom stereocenters. The molecule has 0 aromatic carbocycles. The van der Waals surface area contributed by atoms with Gasteiger partial charge in [0.25, 0.3) is 0 Å². The summed E-state index contributed by atoms with van der Waals surface area (Å²) in [6.07, 6.45) is 4.06. The molecule has 0 fully saturated rings. The van der Waals surface area contributed by atoms with Crippen molar-refractivity contribution < 1.29 is 14.3 Å². The minimum atomic E-state index is -0.579. The lowest BCUT2D eigenvalue weighted by molar-refractivity contribution is -0.152. The van der Waals surface area contributed by atoms with E-state index in [0.717, 1.165) is 6.42 Å². The van der Waals surface area contributed by atoms with Crippen LogP contribution in [0.25, 0.3) is 0 Å². The molecule has 0 N–H and O–H groups in total. The van der Waals surface area contributed by atoms with Gasteiger partial charge in [0.1, 0.15) is 5.92 Å². The van der Waals surface area contributed by atoms with Gasteiger partial charge in [-0.05, 0) is 25.3 Å². The van der Waals surface area contributed by atoms with Gasteiger partial charge in [0, 0.05) is 0 Å². The number of rotatable bonds is 2. The first kappa shape index (κ1) is 9.96. The Bertz CT molecular complexity index is 243. The van der Waals surface area contributed by atoms with E-state index in [1.54, 1.807) is 6.92 Å². The minimum Gasteiger partial charge on any atom is -0.465 e. The number of carbonyl (C=O) groups excluding carboxylic acids is 2. The van der Waals surface area contributed by atoms with Crippen LogP contribution in [0.4, 0.5) is 0 Å². The highest BCUT2D eigenvalue weighted by Crippen LogP contribution is 2.23. The molecule has 3 nitrogen and oxygen atoms in total. The Balaban J connectivity index is 2.71.